The molecule has 1 aromatic rings. The third kappa shape index (κ3) is 3.20. The third-order valence-corrected chi connectivity index (χ3v) is 6.18. The standard InChI is InChI=1S/C21H26N4O3/c1-22-16-5-3-4-6-17(16)24(2)14-7-8-15-13(11-14)12-25(21(15)28)18-9-10-19(26)23-20(18)27/h3-4,7-8,11,16-18,22H,5-6,9-10,12H2,1-2H3,(H,23,26,27)/t16?,17-,18?/m0/s1. The second kappa shape index (κ2) is 7.39. The molecule has 2 aliphatic heterocycles. The summed E-state index contributed by atoms with van der Waals surface area (Å²) in [5.74, 6) is -0.775. The molecule has 3 amide bonds. The van der Waals surface area contributed by atoms with E-state index in [1.807, 2.05) is 19.2 Å². The van der Waals surface area contributed by atoms with Gasteiger partial charge in [-0.2, -0.15) is 0 Å². The van der Waals surface area contributed by atoms with Gasteiger partial charge in [0.15, 0.2) is 0 Å². The Labute approximate surface area is 164 Å². The minimum absolute atomic E-state index is 0.132. The molecule has 4 rings (SSSR count). The number of fused-ring (bicyclic) bond motifs is 1. The van der Waals surface area contributed by atoms with Crippen molar-refractivity contribution in [3.05, 3.63) is 41.5 Å². The lowest BCUT2D eigenvalue weighted by molar-refractivity contribution is -0.136. The largest absolute Gasteiger partial charge is 0.370 e. The molecule has 1 saturated heterocycles. The molecular weight excluding hydrogens is 356 g/mol. The maximum Gasteiger partial charge on any atom is 0.255 e. The Balaban J connectivity index is 1.54. The van der Waals surface area contributed by atoms with Gasteiger partial charge in [-0.05, 0) is 50.1 Å². The fourth-order valence-corrected chi connectivity index (χ4v) is 4.51. The normalized spacial score (nSPS) is 27.0. The molecule has 1 aromatic carbocycles. The zero-order chi connectivity index (χ0) is 19.8. The number of likely N-dealkylation sites (N-methyl/N-ethyl adjacent to an activating group) is 2. The van der Waals surface area contributed by atoms with Gasteiger partial charge in [0.25, 0.3) is 5.91 Å². The van der Waals surface area contributed by atoms with Gasteiger partial charge in [-0.15, -0.1) is 0 Å². The number of rotatable bonds is 4. The quantitative estimate of drug-likeness (QED) is 0.604. The fourth-order valence-electron chi connectivity index (χ4n) is 4.51. The van der Waals surface area contributed by atoms with Gasteiger partial charge in [-0.3, -0.25) is 19.7 Å². The molecule has 148 valence electrons. The Kier molecular flexibility index (Phi) is 4.93. The Morgan fingerprint density at radius 2 is 1.96 bits per heavy atom. The van der Waals surface area contributed by atoms with Crippen LogP contribution in [-0.2, 0) is 16.1 Å². The highest BCUT2D eigenvalue weighted by molar-refractivity contribution is 6.05. The Bertz CT molecular complexity index is 850. The van der Waals surface area contributed by atoms with Crippen LogP contribution in [0.25, 0.3) is 0 Å². The SMILES string of the molecule is CNC1CC=CC[C@@H]1N(C)c1ccc2c(c1)CN(C1CCC(=O)NC1=O)C2=O. The van der Waals surface area contributed by atoms with Gasteiger partial charge >= 0.3 is 0 Å². The number of anilines is 1. The number of amides is 3. The number of nitrogens with one attached hydrogen (secondary N) is 2. The summed E-state index contributed by atoms with van der Waals surface area (Å²) in [5.41, 5.74) is 2.65. The number of nitrogens with zero attached hydrogens (tertiary/aromatic N) is 2. The molecule has 0 aromatic heterocycles. The summed E-state index contributed by atoms with van der Waals surface area (Å²) in [4.78, 5) is 40.3. The predicted octanol–water partition coefficient (Wildman–Crippen LogP) is 1.19. The number of hydrogen-bond donors (Lipinski definition) is 2. The molecular formula is C21H26N4O3. The van der Waals surface area contributed by atoms with Crippen LogP contribution in [0.3, 0.4) is 0 Å². The summed E-state index contributed by atoms with van der Waals surface area (Å²) in [6.07, 6.45) is 7.06. The van der Waals surface area contributed by atoms with Gasteiger partial charge in [-0.1, -0.05) is 12.2 Å². The molecule has 2 N–H and O–H groups in total. The molecule has 2 heterocycles. The van der Waals surface area contributed by atoms with Crippen molar-refractivity contribution < 1.29 is 14.4 Å². The smallest absolute Gasteiger partial charge is 0.255 e. The molecule has 1 fully saturated rings. The number of carbonyl (C=O) groups excluding carboxylic acids is 3. The molecule has 3 atom stereocenters. The van der Waals surface area contributed by atoms with Crippen molar-refractivity contribution >= 4 is 23.4 Å². The molecule has 0 saturated carbocycles. The molecule has 0 spiro atoms. The molecule has 0 radical (unpaired) electrons. The minimum Gasteiger partial charge on any atom is -0.370 e. The van der Waals surface area contributed by atoms with Crippen LogP contribution in [0.4, 0.5) is 5.69 Å². The van der Waals surface area contributed by atoms with Crippen molar-refractivity contribution in [2.75, 3.05) is 19.0 Å². The van der Waals surface area contributed by atoms with Crippen LogP contribution in [0.2, 0.25) is 0 Å². The second-order valence-electron chi connectivity index (χ2n) is 7.76. The first kappa shape index (κ1) is 18.7. The van der Waals surface area contributed by atoms with Crippen molar-refractivity contribution in [2.45, 2.75) is 50.4 Å². The van der Waals surface area contributed by atoms with E-state index in [1.54, 1.807) is 4.90 Å². The van der Waals surface area contributed by atoms with Crippen molar-refractivity contribution in [3.8, 4) is 0 Å². The van der Waals surface area contributed by atoms with E-state index in [-0.39, 0.29) is 24.1 Å². The Morgan fingerprint density at radius 1 is 1.18 bits per heavy atom. The number of imide groups is 1. The van der Waals surface area contributed by atoms with Crippen LogP contribution >= 0.6 is 0 Å². The lowest BCUT2D eigenvalue weighted by Gasteiger charge is -2.37. The van der Waals surface area contributed by atoms with Crippen LogP contribution in [0.15, 0.2) is 30.4 Å². The monoisotopic (exact) mass is 382 g/mol. The van der Waals surface area contributed by atoms with Gasteiger partial charge in [0.2, 0.25) is 11.8 Å². The van der Waals surface area contributed by atoms with Crippen molar-refractivity contribution in [2.24, 2.45) is 0 Å². The number of carbonyl (C=O) groups is 3. The number of benzene rings is 1. The molecule has 0 bridgehead atoms. The highest BCUT2D eigenvalue weighted by Crippen LogP contribution is 2.32. The topological polar surface area (TPSA) is 81.8 Å². The van der Waals surface area contributed by atoms with E-state index in [4.69, 9.17) is 0 Å². The minimum atomic E-state index is -0.573. The Morgan fingerprint density at radius 3 is 2.71 bits per heavy atom. The molecule has 1 aliphatic carbocycles. The molecule has 28 heavy (non-hydrogen) atoms. The van der Waals surface area contributed by atoms with Crippen LogP contribution in [-0.4, -0.2) is 54.8 Å². The second-order valence-corrected chi connectivity index (χ2v) is 7.76. The summed E-state index contributed by atoms with van der Waals surface area (Å²) in [6.45, 7) is 0.405. The first-order chi connectivity index (χ1) is 13.5. The maximum absolute atomic E-state index is 12.8. The average Bonchev–Trinajstić information content (AvgIpc) is 3.03. The van der Waals surface area contributed by atoms with Gasteiger partial charge in [-0.25, -0.2) is 0 Å². The Hall–Kier alpha value is -2.67. The van der Waals surface area contributed by atoms with E-state index in [9.17, 15) is 14.4 Å². The molecule has 3 aliphatic rings. The van der Waals surface area contributed by atoms with Crippen LogP contribution in [0.5, 0.6) is 0 Å². The van der Waals surface area contributed by atoms with Crippen LogP contribution in [0, 0.1) is 0 Å². The van der Waals surface area contributed by atoms with Gasteiger partial charge in [0, 0.05) is 43.3 Å². The average molecular weight is 382 g/mol. The van der Waals surface area contributed by atoms with Crippen LogP contribution in [0.1, 0.15) is 41.6 Å². The number of hydrogen-bond acceptors (Lipinski definition) is 5. The predicted molar refractivity (Wildman–Crippen MR) is 106 cm³/mol. The summed E-state index contributed by atoms with van der Waals surface area (Å²) in [5, 5.41) is 5.74. The van der Waals surface area contributed by atoms with Crippen molar-refractivity contribution in [1.82, 2.24) is 15.5 Å². The van der Waals surface area contributed by atoms with Crippen LogP contribution < -0.4 is 15.5 Å². The van der Waals surface area contributed by atoms with Crippen molar-refractivity contribution in [3.63, 3.8) is 0 Å². The number of piperidine rings is 1. The lowest BCUT2D eigenvalue weighted by atomic mass is 9.94. The van der Waals surface area contributed by atoms with E-state index in [2.05, 4.69) is 40.8 Å². The first-order valence-electron chi connectivity index (χ1n) is 9.82. The summed E-state index contributed by atoms with van der Waals surface area (Å²) < 4.78 is 0. The highest BCUT2D eigenvalue weighted by atomic mass is 16.2. The summed E-state index contributed by atoms with van der Waals surface area (Å²) in [7, 11) is 4.08. The molecule has 7 heteroatoms. The van der Waals surface area contributed by atoms with E-state index in [0.29, 0.717) is 30.6 Å². The lowest BCUT2D eigenvalue weighted by Crippen LogP contribution is -2.52. The molecule has 2 unspecified atom stereocenters. The van der Waals surface area contributed by atoms with E-state index in [0.717, 1.165) is 24.1 Å². The maximum atomic E-state index is 12.8. The highest BCUT2D eigenvalue weighted by Gasteiger charge is 2.39. The first-order valence-corrected chi connectivity index (χ1v) is 9.82. The van der Waals surface area contributed by atoms with E-state index >= 15 is 0 Å². The van der Waals surface area contributed by atoms with Gasteiger partial charge in [0.1, 0.15) is 6.04 Å². The summed E-state index contributed by atoms with van der Waals surface area (Å²) in [6, 6.07) is 6.06. The van der Waals surface area contributed by atoms with Crippen molar-refractivity contribution in [1.29, 1.82) is 0 Å². The molecule has 7 nitrogen and oxygen atoms in total. The zero-order valence-corrected chi connectivity index (χ0v) is 16.3. The third-order valence-electron chi connectivity index (χ3n) is 6.18. The summed E-state index contributed by atoms with van der Waals surface area (Å²) >= 11 is 0. The fraction of sp³-hybridized carbons (Fsp3) is 0.476. The van der Waals surface area contributed by atoms with E-state index < -0.39 is 6.04 Å². The zero-order valence-electron chi connectivity index (χ0n) is 16.3. The van der Waals surface area contributed by atoms with E-state index in [1.165, 1.54) is 0 Å². The van der Waals surface area contributed by atoms with Gasteiger partial charge < -0.3 is 15.1 Å². The van der Waals surface area contributed by atoms with Gasteiger partial charge in [0.05, 0.1) is 0 Å².